The fraction of sp³-hybridized carbons (Fsp3) is 0.941. The molecule has 24 heavy (non-hydrogen) atoms. The van der Waals surface area contributed by atoms with Crippen molar-refractivity contribution < 1.29 is 4.74 Å². The number of morpholine rings is 1. The number of nitrogens with zero attached hydrogens (tertiary/aromatic N) is 3. The molecule has 6 nitrogen and oxygen atoms in total. The summed E-state index contributed by atoms with van der Waals surface area (Å²) < 4.78 is 5.41. The number of halogens is 1. The molecule has 2 N–H and O–H groups in total. The lowest BCUT2D eigenvalue weighted by Gasteiger charge is -2.31. The molecule has 0 saturated carbocycles. The molecule has 2 unspecified atom stereocenters. The highest BCUT2D eigenvalue weighted by Gasteiger charge is 2.16. The van der Waals surface area contributed by atoms with E-state index in [1.54, 1.807) is 0 Å². The van der Waals surface area contributed by atoms with Gasteiger partial charge in [-0.25, -0.2) is 0 Å². The third-order valence-electron chi connectivity index (χ3n) is 4.63. The normalized spacial score (nSPS) is 18.8. The van der Waals surface area contributed by atoms with Crippen LogP contribution in [0.15, 0.2) is 4.99 Å². The predicted octanol–water partition coefficient (Wildman–Crippen LogP) is 1.61. The summed E-state index contributed by atoms with van der Waals surface area (Å²) in [6, 6.07) is 1.08. The zero-order valence-electron chi connectivity index (χ0n) is 16.2. The molecule has 0 aromatic heterocycles. The maximum Gasteiger partial charge on any atom is 0.191 e. The first-order valence-electron chi connectivity index (χ1n) is 9.12. The summed E-state index contributed by atoms with van der Waals surface area (Å²) in [6.07, 6.45) is 1.18. The minimum Gasteiger partial charge on any atom is -0.379 e. The topological polar surface area (TPSA) is 52.1 Å². The molecule has 0 amide bonds. The Morgan fingerprint density at radius 3 is 2.46 bits per heavy atom. The quantitative estimate of drug-likeness (QED) is 0.315. The van der Waals surface area contributed by atoms with E-state index in [-0.39, 0.29) is 24.0 Å². The second kappa shape index (κ2) is 14.1. The first-order valence-corrected chi connectivity index (χ1v) is 9.12. The van der Waals surface area contributed by atoms with Crippen LogP contribution in [0.2, 0.25) is 0 Å². The van der Waals surface area contributed by atoms with Crippen molar-refractivity contribution in [2.75, 3.05) is 59.5 Å². The Kier molecular flexibility index (Phi) is 14.0. The number of aliphatic imine (C=N–C) groups is 1. The summed E-state index contributed by atoms with van der Waals surface area (Å²) in [6.45, 7) is 16.2. The van der Waals surface area contributed by atoms with Crippen LogP contribution in [0.25, 0.3) is 0 Å². The molecule has 1 saturated heterocycles. The summed E-state index contributed by atoms with van der Waals surface area (Å²) in [7, 11) is 2.18. The van der Waals surface area contributed by atoms with Crippen LogP contribution in [0, 0.1) is 0 Å². The SMILES string of the molecule is CCNC(=NCC(C)N1CCOCC1)NCCN(C)C(C)CC.I. The van der Waals surface area contributed by atoms with Crippen molar-refractivity contribution in [3.63, 3.8) is 0 Å². The molecule has 2 atom stereocenters. The fourth-order valence-electron chi connectivity index (χ4n) is 2.58. The monoisotopic (exact) mass is 455 g/mol. The predicted molar refractivity (Wildman–Crippen MR) is 114 cm³/mol. The Balaban J connectivity index is 0.00000529. The van der Waals surface area contributed by atoms with Gasteiger partial charge in [-0.1, -0.05) is 6.92 Å². The Morgan fingerprint density at radius 1 is 1.21 bits per heavy atom. The zero-order valence-corrected chi connectivity index (χ0v) is 18.5. The summed E-state index contributed by atoms with van der Waals surface area (Å²) >= 11 is 0. The van der Waals surface area contributed by atoms with Crippen molar-refractivity contribution in [2.24, 2.45) is 4.99 Å². The average Bonchev–Trinajstić information content (AvgIpc) is 2.59. The number of hydrogen-bond donors (Lipinski definition) is 2. The molecule has 144 valence electrons. The number of guanidine groups is 1. The van der Waals surface area contributed by atoms with Crippen molar-refractivity contribution in [1.29, 1.82) is 0 Å². The van der Waals surface area contributed by atoms with Gasteiger partial charge in [-0.3, -0.25) is 9.89 Å². The molecule has 0 radical (unpaired) electrons. The highest BCUT2D eigenvalue weighted by Crippen LogP contribution is 2.03. The lowest BCUT2D eigenvalue weighted by atomic mass is 10.2. The van der Waals surface area contributed by atoms with Gasteiger partial charge in [0.2, 0.25) is 0 Å². The molecule has 1 aliphatic rings. The van der Waals surface area contributed by atoms with Crippen molar-refractivity contribution in [3.05, 3.63) is 0 Å². The van der Waals surface area contributed by atoms with Gasteiger partial charge >= 0.3 is 0 Å². The Bertz CT molecular complexity index is 337. The number of nitrogens with one attached hydrogen (secondary N) is 2. The molecule has 7 heteroatoms. The van der Waals surface area contributed by atoms with Gasteiger partial charge in [-0.05, 0) is 34.2 Å². The second-order valence-electron chi connectivity index (χ2n) is 6.38. The molecule has 0 bridgehead atoms. The molecular weight excluding hydrogens is 417 g/mol. The number of likely N-dealkylation sites (N-methyl/N-ethyl adjacent to an activating group) is 1. The van der Waals surface area contributed by atoms with E-state index in [1.165, 1.54) is 6.42 Å². The third kappa shape index (κ3) is 9.39. The van der Waals surface area contributed by atoms with Crippen LogP contribution in [0.4, 0.5) is 0 Å². The van der Waals surface area contributed by atoms with Crippen molar-refractivity contribution in [1.82, 2.24) is 20.4 Å². The van der Waals surface area contributed by atoms with Crippen LogP contribution in [-0.2, 0) is 4.74 Å². The summed E-state index contributed by atoms with van der Waals surface area (Å²) in [5.41, 5.74) is 0. The van der Waals surface area contributed by atoms with Gasteiger partial charge in [0.05, 0.1) is 19.8 Å². The van der Waals surface area contributed by atoms with Crippen LogP contribution in [0.3, 0.4) is 0 Å². The van der Waals surface area contributed by atoms with E-state index in [0.29, 0.717) is 12.1 Å². The third-order valence-corrected chi connectivity index (χ3v) is 4.63. The van der Waals surface area contributed by atoms with Gasteiger partial charge in [0, 0.05) is 44.8 Å². The summed E-state index contributed by atoms with van der Waals surface area (Å²) in [4.78, 5) is 9.58. The van der Waals surface area contributed by atoms with Crippen molar-refractivity contribution in [2.45, 2.75) is 46.2 Å². The summed E-state index contributed by atoms with van der Waals surface area (Å²) in [5.74, 6) is 0.921. The fourth-order valence-corrected chi connectivity index (χ4v) is 2.58. The molecule has 0 aromatic carbocycles. The lowest BCUT2D eigenvalue weighted by molar-refractivity contribution is 0.0220. The van der Waals surface area contributed by atoms with E-state index in [4.69, 9.17) is 9.73 Å². The van der Waals surface area contributed by atoms with Gasteiger partial charge in [0.15, 0.2) is 5.96 Å². The van der Waals surface area contributed by atoms with Crippen LogP contribution in [-0.4, -0.2) is 87.4 Å². The molecule has 1 aliphatic heterocycles. The van der Waals surface area contributed by atoms with E-state index < -0.39 is 0 Å². The average molecular weight is 455 g/mol. The van der Waals surface area contributed by atoms with Gasteiger partial charge in [0.25, 0.3) is 0 Å². The van der Waals surface area contributed by atoms with Crippen molar-refractivity contribution >= 4 is 29.9 Å². The van der Waals surface area contributed by atoms with Gasteiger partial charge in [0.1, 0.15) is 0 Å². The molecule has 1 heterocycles. The molecule has 0 aliphatic carbocycles. The van der Waals surface area contributed by atoms with Crippen LogP contribution in [0.1, 0.15) is 34.1 Å². The standard InChI is InChI=1S/C17H37N5O.HI/c1-6-15(3)21(5)9-8-19-17(18-7-2)20-14-16(4)22-10-12-23-13-11-22;/h15-16H,6-14H2,1-5H3,(H2,18,19,20);1H. The first-order chi connectivity index (χ1) is 11.1. The largest absolute Gasteiger partial charge is 0.379 e. The highest BCUT2D eigenvalue weighted by molar-refractivity contribution is 14.0. The van der Waals surface area contributed by atoms with Crippen LogP contribution < -0.4 is 10.6 Å². The Hall–Kier alpha value is -0.120. The number of rotatable bonds is 9. The molecule has 0 spiro atoms. The van der Waals surface area contributed by atoms with Crippen LogP contribution in [0.5, 0.6) is 0 Å². The van der Waals surface area contributed by atoms with E-state index in [1.807, 2.05) is 0 Å². The van der Waals surface area contributed by atoms with Gasteiger partial charge in [-0.2, -0.15) is 0 Å². The Labute approximate surface area is 165 Å². The highest BCUT2D eigenvalue weighted by atomic mass is 127. The molecule has 1 fully saturated rings. The second-order valence-corrected chi connectivity index (χ2v) is 6.38. The van der Waals surface area contributed by atoms with Gasteiger partial charge < -0.3 is 20.3 Å². The van der Waals surface area contributed by atoms with E-state index >= 15 is 0 Å². The smallest absolute Gasteiger partial charge is 0.191 e. The molecule has 0 aromatic rings. The zero-order chi connectivity index (χ0) is 17.1. The minimum absolute atomic E-state index is 0. The molecular formula is C17H38IN5O. The maximum atomic E-state index is 5.41. The summed E-state index contributed by atoms with van der Waals surface area (Å²) in [5, 5.41) is 6.78. The lowest BCUT2D eigenvalue weighted by Crippen LogP contribution is -2.45. The Morgan fingerprint density at radius 2 is 1.88 bits per heavy atom. The van der Waals surface area contributed by atoms with Crippen LogP contribution >= 0.6 is 24.0 Å². The first kappa shape index (κ1) is 23.9. The van der Waals surface area contributed by atoms with E-state index in [2.05, 4.69) is 55.2 Å². The number of ether oxygens (including phenoxy) is 1. The number of hydrogen-bond acceptors (Lipinski definition) is 4. The van der Waals surface area contributed by atoms with Crippen molar-refractivity contribution in [3.8, 4) is 0 Å². The van der Waals surface area contributed by atoms with E-state index in [0.717, 1.165) is 58.4 Å². The molecule has 1 rings (SSSR count). The van der Waals surface area contributed by atoms with Gasteiger partial charge in [-0.15, -0.1) is 24.0 Å². The van der Waals surface area contributed by atoms with E-state index in [9.17, 15) is 0 Å². The minimum atomic E-state index is 0. The maximum absolute atomic E-state index is 5.41.